The van der Waals surface area contributed by atoms with E-state index in [1.54, 1.807) is 18.2 Å². The Morgan fingerprint density at radius 2 is 1.97 bits per heavy atom. The van der Waals surface area contributed by atoms with E-state index in [9.17, 15) is 9.59 Å². The first-order valence-electron chi connectivity index (χ1n) is 8.71. The van der Waals surface area contributed by atoms with Gasteiger partial charge < -0.3 is 20.5 Å². The highest BCUT2D eigenvalue weighted by atomic mass is 35.5. The molecule has 0 aliphatic rings. The number of carbonyl (C=O) groups is 1. The van der Waals surface area contributed by atoms with Gasteiger partial charge in [-0.2, -0.15) is 0 Å². The molecule has 0 atom stereocenters. The zero-order valence-electron chi connectivity index (χ0n) is 16.2. The minimum Gasteiger partial charge on any atom is -0.493 e. The zero-order valence-corrected chi connectivity index (χ0v) is 17.8. The zero-order chi connectivity index (χ0) is 21.7. The third-order valence-electron chi connectivity index (χ3n) is 4.07. The number of aromatic amines is 1. The highest BCUT2D eigenvalue weighted by Gasteiger charge is 2.16. The molecule has 1 amide bonds. The molecule has 1 heterocycles. The van der Waals surface area contributed by atoms with Crippen molar-refractivity contribution in [1.82, 2.24) is 9.97 Å². The van der Waals surface area contributed by atoms with Gasteiger partial charge >= 0.3 is 0 Å². The first-order valence-corrected chi connectivity index (χ1v) is 10.1. The fraction of sp³-hybridized carbons (Fsp3) is 0.150. The van der Waals surface area contributed by atoms with Gasteiger partial charge in [0, 0.05) is 16.3 Å². The SMILES string of the molecule is COc1ccc(C(=O)Nc2c(N)nc(SCc3cccc(Cl)c3)[nH]c2=O)cc1OC. The van der Waals surface area contributed by atoms with E-state index in [0.717, 1.165) is 5.56 Å². The molecule has 0 radical (unpaired) electrons. The van der Waals surface area contributed by atoms with Crippen molar-refractivity contribution < 1.29 is 14.3 Å². The summed E-state index contributed by atoms with van der Waals surface area (Å²) < 4.78 is 10.3. The molecule has 1 aromatic heterocycles. The lowest BCUT2D eigenvalue weighted by Crippen LogP contribution is -2.23. The van der Waals surface area contributed by atoms with Crippen LogP contribution in [0.5, 0.6) is 11.5 Å². The normalized spacial score (nSPS) is 10.5. The van der Waals surface area contributed by atoms with E-state index in [4.69, 9.17) is 26.8 Å². The van der Waals surface area contributed by atoms with Crippen molar-refractivity contribution in [2.24, 2.45) is 0 Å². The third-order valence-corrected chi connectivity index (χ3v) is 5.25. The largest absolute Gasteiger partial charge is 0.493 e. The molecule has 0 aliphatic carbocycles. The lowest BCUT2D eigenvalue weighted by atomic mass is 10.2. The van der Waals surface area contributed by atoms with Crippen molar-refractivity contribution in [1.29, 1.82) is 0 Å². The van der Waals surface area contributed by atoms with Gasteiger partial charge in [0.2, 0.25) is 0 Å². The first-order chi connectivity index (χ1) is 14.4. The monoisotopic (exact) mass is 446 g/mol. The fourth-order valence-corrected chi connectivity index (χ4v) is 3.62. The number of nitrogens with one attached hydrogen (secondary N) is 2. The third kappa shape index (κ3) is 5.05. The molecule has 0 unspecified atom stereocenters. The number of benzene rings is 2. The lowest BCUT2D eigenvalue weighted by Gasteiger charge is -2.11. The number of carbonyl (C=O) groups excluding carboxylic acids is 1. The molecule has 0 aliphatic heterocycles. The minimum absolute atomic E-state index is 0.0822. The summed E-state index contributed by atoms with van der Waals surface area (Å²) in [5.41, 5.74) is 6.49. The van der Waals surface area contributed by atoms with E-state index in [1.165, 1.54) is 32.0 Å². The fourth-order valence-electron chi connectivity index (χ4n) is 2.60. The van der Waals surface area contributed by atoms with Crippen LogP contribution in [0.2, 0.25) is 5.02 Å². The van der Waals surface area contributed by atoms with E-state index >= 15 is 0 Å². The van der Waals surface area contributed by atoms with Crippen molar-refractivity contribution in [3.8, 4) is 11.5 Å². The predicted octanol–water partition coefficient (Wildman–Crippen LogP) is 3.57. The smallest absolute Gasteiger partial charge is 0.277 e. The summed E-state index contributed by atoms with van der Waals surface area (Å²) in [4.78, 5) is 31.8. The second kappa shape index (κ2) is 9.55. The van der Waals surface area contributed by atoms with Gasteiger partial charge in [-0.05, 0) is 35.9 Å². The molecule has 3 aromatic rings. The van der Waals surface area contributed by atoms with Crippen molar-refractivity contribution in [3.05, 3.63) is 69.0 Å². The molecule has 10 heteroatoms. The standard InChI is InChI=1S/C20H19ClN4O4S/c1-28-14-7-6-12(9-15(14)29-2)18(26)23-16-17(22)24-20(25-19(16)27)30-10-11-4-3-5-13(21)8-11/h3-9H,10H2,1-2H3,(H,23,26)(H3,22,24,25,27). The van der Waals surface area contributed by atoms with Crippen LogP contribution in [0.4, 0.5) is 11.5 Å². The van der Waals surface area contributed by atoms with Gasteiger partial charge in [-0.25, -0.2) is 4.98 Å². The number of nitrogens with zero attached hydrogens (tertiary/aromatic N) is 1. The van der Waals surface area contributed by atoms with Gasteiger partial charge in [0.15, 0.2) is 22.5 Å². The Kier molecular flexibility index (Phi) is 6.86. The molecule has 4 N–H and O–H groups in total. The van der Waals surface area contributed by atoms with Crippen LogP contribution in [-0.2, 0) is 5.75 Å². The Labute approximate surface area is 181 Å². The second-order valence-electron chi connectivity index (χ2n) is 6.07. The maximum Gasteiger partial charge on any atom is 0.277 e. The molecule has 2 aromatic carbocycles. The van der Waals surface area contributed by atoms with Gasteiger partial charge in [0.25, 0.3) is 11.5 Å². The second-order valence-corrected chi connectivity index (χ2v) is 7.47. The number of thioether (sulfide) groups is 1. The van der Waals surface area contributed by atoms with Crippen LogP contribution < -0.4 is 26.1 Å². The molecule has 8 nitrogen and oxygen atoms in total. The number of nitrogen functional groups attached to an aromatic ring is 1. The predicted molar refractivity (Wildman–Crippen MR) is 118 cm³/mol. The number of methoxy groups -OCH3 is 2. The summed E-state index contributed by atoms with van der Waals surface area (Å²) in [5.74, 6) is 0.794. The highest BCUT2D eigenvalue weighted by molar-refractivity contribution is 7.98. The molecular weight excluding hydrogens is 428 g/mol. The number of halogens is 1. The van der Waals surface area contributed by atoms with Gasteiger partial charge in [0.1, 0.15) is 5.69 Å². The Hall–Kier alpha value is -3.17. The Morgan fingerprint density at radius 1 is 1.20 bits per heavy atom. The topological polar surface area (TPSA) is 119 Å². The van der Waals surface area contributed by atoms with Crippen LogP contribution in [0.15, 0.2) is 52.4 Å². The van der Waals surface area contributed by atoms with E-state index in [-0.39, 0.29) is 17.1 Å². The number of H-pyrrole nitrogens is 1. The number of anilines is 2. The molecule has 30 heavy (non-hydrogen) atoms. The lowest BCUT2D eigenvalue weighted by molar-refractivity contribution is 0.102. The summed E-state index contributed by atoms with van der Waals surface area (Å²) in [6, 6.07) is 12.0. The minimum atomic E-state index is -0.551. The van der Waals surface area contributed by atoms with Crippen LogP contribution in [0.25, 0.3) is 0 Å². The number of aromatic nitrogens is 2. The van der Waals surface area contributed by atoms with Gasteiger partial charge in [-0.15, -0.1) is 0 Å². The average Bonchev–Trinajstić information content (AvgIpc) is 2.74. The average molecular weight is 447 g/mol. The molecule has 0 bridgehead atoms. The maximum absolute atomic E-state index is 12.6. The van der Waals surface area contributed by atoms with Gasteiger partial charge in [-0.3, -0.25) is 14.6 Å². The molecule has 3 rings (SSSR count). The number of hydrogen-bond donors (Lipinski definition) is 3. The number of hydrogen-bond acceptors (Lipinski definition) is 7. The van der Waals surface area contributed by atoms with E-state index in [1.807, 2.05) is 18.2 Å². The van der Waals surface area contributed by atoms with Gasteiger partial charge in [0.05, 0.1) is 14.2 Å². The maximum atomic E-state index is 12.6. The van der Waals surface area contributed by atoms with Crippen molar-refractivity contribution in [3.63, 3.8) is 0 Å². The quantitative estimate of drug-likeness (QED) is 0.375. The van der Waals surface area contributed by atoms with E-state index < -0.39 is 11.5 Å². The summed E-state index contributed by atoms with van der Waals surface area (Å²) in [5, 5.41) is 3.46. The number of nitrogens with two attached hydrogens (primary N) is 1. The molecular formula is C20H19ClN4O4S. The van der Waals surface area contributed by atoms with Crippen LogP contribution in [0, 0.1) is 0 Å². The highest BCUT2D eigenvalue weighted by Crippen LogP contribution is 2.28. The molecule has 156 valence electrons. The van der Waals surface area contributed by atoms with Crippen LogP contribution >= 0.6 is 23.4 Å². The molecule has 0 fully saturated rings. The van der Waals surface area contributed by atoms with Crippen LogP contribution in [-0.4, -0.2) is 30.1 Å². The Bertz CT molecular complexity index is 1140. The summed E-state index contributed by atoms with van der Waals surface area (Å²) in [6.07, 6.45) is 0. The van der Waals surface area contributed by atoms with Crippen molar-refractivity contribution in [2.45, 2.75) is 10.9 Å². The summed E-state index contributed by atoms with van der Waals surface area (Å²) in [7, 11) is 2.96. The van der Waals surface area contributed by atoms with Crippen molar-refractivity contribution >= 4 is 40.8 Å². The van der Waals surface area contributed by atoms with E-state index in [0.29, 0.717) is 27.4 Å². The van der Waals surface area contributed by atoms with Crippen LogP contribution in [0.1, 0.15) is 15.9 Å². The molecule has 0 spiro atoms. The number of amides is 1. The molecule has 0 saturated carbocycles. The van der Waals surface area contributed by atoms with Gasteiger partial charge in [-0.1, -0.05) is 35.5 Å². The summed E-state index contributed by atoms with van der Waals surface area (Å²) in [6.45, 7) is 0. The Balaban J connectivity index is 1.75. The Morgan fingerprint density at radius 3 is 2.63 bits per heavy atom. The summed E-state index contributed by atoms with van der Waals surface area (Å²) >= 11 is 7.27. The first kappa shape index (κ1) is 21.5. The van der Waals surface area contributed by atoms with Crippen LogP contribution in [0.3, 0.4) is 0 Å². The number of ether oxygens (including phenoxy) is 2. The molecule has 0 saturated heterocycles. The van der Waals surface area contributed by atoms with Crippen molar-refractivity contribution in [2.75, 3.05) is 25.3 Å². The number of rotatable bonds is 7. The van der Waals surface area contributed by atoms with E-state index in [2.05, 4.69) is 15.3 Å².